The van der Waals surface area contributed by atoms with Crippen molar-refractivity contribution in [1.82, 2.24) is 4.98 Å². The van der Waals surface area contributed by atoms with Crippen LogP contribution in [0.2, 0.25) is 5.02 Å². The van der Waals surface area contributed by atoms with E-state index < -0.39 is 0 Å². The lowest BCUT2D eigenvalue weighted by Gasteiger charge is -2.35. The Bertz CT molecular complexity index is 788. The quantitative estimate of drug-likeness (QED) is 0.541. The molecule has 0 aliphatic heterocycles. The summed E-state index contributed by atoms with van der Waals surface area (Å²) >= 11 is 7.83. The summed E-state index contributed by atoms with van der Waals surface area (Å²) in [5.41, 5.74) is 0.831. The van der Waals surface area contributed by atoms with Crippen LogP contribution in [0, 0.1) is 11.8 Å². The van der Waals surface area contributed by atoms with E-state index in [9.17, 15) is 4.79 Å². The molecule has 5 nitrogen and oxygen atoms in total. The number of thiazole rings is 1. The molecule has 7 heteroatoms. The molecule has 0 N–H and O–H groups in total. The fraction of sp³-hybridized carbons (Fsp3) is 0.600. The molecule has 1 heterocycles. The first-order chi connectivity index (χ1) is 12.9. The fourth-order valence-corrected chi connectivity index (χ4v) is 4.31. The van der Waals surface area contributed by atoms with Crippen LogP contribution in [0.25, 0.3) is 10.2 Å². The summed E-state index contributed by atoms with van der Waals surface area (Å²) in [7, 11) is 0. The summed E-state index contributed by atoms with van der Waals surface area (Å²) in [4.78, 5) is 15.5. The maximum absolute atomic E-state index is 11.1. The highest BCUT2D eigenvalue weighted by Crippen LogP contribution is 2.37. The second-order valence-corrected chi connectivity index (χ2v) is 8.68. The number of benzene rings is 1. The number of carbonyl (C=O) groups excluding carboxylic acids is 1. The minimum absolute atomic E-state index is 0.217. The van der Waals surface area contributed by atoms with Crippen LogP contribution in [0.1, 0.15) is 40.0 Å². The second kappa shape index (κ2) is 9.22. The van der Waals surface area contributed by atoms with Gasteiger partial charge in [0.05, 0.1) is 34.6 Å². The zero-order chi connectivity index (χ0) is 19.4. The Labute approximate surface area is 169 Å². The molecule has 1 fully saturated rings. The van der Waals surface area contributed by atoms with Gasteiger partial charge in [0.2, 0.25) is 0 Å². The minimum atomic E-state index is 0.217. The Hall–Kier alpha value is -1.37. The number of halogens is 1. The van der Waals surface area contributed by atoms with Crippen LogP contribution in [0.3, 0.4) is 0 Å². The lowest BCUT2D eigenvalue weighted by Crippen LogP contribution is -2.36. The first-order valence-corrected chi connectivity index (χ1v) is 10.6. The number of hydrogen-bond acceptors (Lipinski definition) is 6. The predicted molar refractivity (Wildman–Crippen MR) is 108 cm³/mol. The number of ether oxygens (including phenoxy) is 3. The van der Waals surface area contributed by atoms with Crippen molar-refractivity contribution in [2.45, 2.75) is 46.1 Å². The number of nitrogens with zero attached hydrogens (tertiary/aromatic N) is 1. The average Bonchev–Trinajstić information content (AvgIpc) is 2.93. The standard InChI is InChI=1S/C20H26ClNO4S/c1-4-24-20-22-17-8-16(21)18(9-19(17)27-20)26-11-14-6-15(7-14)25-10-12(2)5-13(3)23/h8-9,12,14-15H,4-7,10-11H2,1-3H3/t12-,14?,15?/m1/s1. The molecule has 1 aromatic heterocycles. The lowest BCUT2D eigenvalue weighted by molar-refractivity contribution is -0.119. The second-order valence-electron chi connectivity index (χ2n) is 7.28. The van der Waals surface area contributed by atoms with Gasteiger partial charge in [0.1, 0.15) is 11.5 Å². The summed E-state index contributed by atoms with van der Waals surface area (Å²) in [5, 5.41) is 1.22. The Balaban J connectivity index is 1.44. The van der Waals surface area contributed by atoms with Crippen LogP contribution in [-0.2, 0) is 9.53 Å². The van der Waals surface area contributed by atoms with E-state index in [0.29, 0.717) is 48.1 Å². The summed E-state index contributed by atoms with van der Waals surface area (Å²) in [6.45, 7) is 7.48. The molecule has 0 radical (unpaired) electrons. The van der Waals surface area contributed by atoms with Gasteiger partial charge in [-0.1, -0.05) is 29.9 Å². The van der Waals surface area contributed by atoms with E-state index >= 15 is 0 Å². The van der Waals surface area contributed by atoms with E-state index in [2.05, 4.69) is 11.9 Å². The van der Waals surface area contributed by atoms with Crippen LogP contribution in [0.5, 0.6) is 10.9 Å². The number of fused-ring (bicyclic) bond motifs is 1. The molecule has 1 saturated carbocycles. The van der Waals surface area contributed by atoms with E-state index in [1.165, 1.54) is 11.3 Å². The highest BCUT2D eigenvalue weighted by molar-refractivity contribution is 7.20. The fourth-order valence-electron chi connectivity index (χ4n) is 3.21. The molecule has 0 bridgehead atoms. The largest absolute Gasteiger partial charge is 0.492 e. The van der Waals surface area contributed by atoms with Crippen LogP contribution in [0.4, 0.5) is 0 Å². The van der Waals surface area contributed by atoms with Gasteiger partial charge in [-0.3, -0.25) is 0 Å². The Kier molecular flexibility index (Phi) is 6.95. The van der Waals surface area contributed by atoms with Crippen molar-refractivity contribution in [1.29, 1.82) is 0 Å². The lowest BCUT2D eigenvalue weighted by atomic mass is 9.83. The molecule has 1 aliphatic carbocycles. The zero-order valence-electron chi connectivity index (χ0n) is 16.0. The van der Waals surface area contributed by atoms with Gasteiger partial charge >= 0.3 is 0 Å². The molecule has 0 spiro atoms. The van der Waals surface area contributed by atoms with E-state index in [0.717, 1.165) is 23.1 Å². The van der Waals surface area contributed by atoms with Crippen LogP contribution in [0.15, 0.2) is 12.1 Å². The minimum Gasteiger partial charge on any atom is -0.492 e. The van der Waals surface area contributed by atoms with Gasteiger partial charge in [-0.05, 0) is 44.6 Å². The number of hydrogen-bond donors (Lipinski definition) is 0. The van der Waals surface area contributed by atoms with Crippen molar-refractivity contribution >= 4 is 38.9 Å². The third-order valence-electron chi connectivity index (χ3n) is 4.61. The summed E-state index contributed by atoms with van der Waals surface area (Å²) < 4.78 is 18.3. The molecular weight excluding hydrogens is 386 g/mol. The maximum Gasteiger partial charge on any atom is 0.274 e. The molecule has 148 valence electrons. The van der Waals surface area contributed by atoms with Crippen molar-refractivity contribution in [2.75, 3.05) is 19.8 Å². The molecule has 1 aliphatic rings. The smallest absolute Gasteiger partial charge is 0.274 e. The number of carbonyl (C=O) groups is 1. The topological polar surface area (TPSA) is 57.6 Å². The Morgan fingerprint density at radius 3 is 2.85 bits per heavy atom. The van der Waals surface area contributed by atoms with Gasteiger partial charge in [-0.15, -0.1) is 0 Å². The first kappa shape index (κ1) is 20.4. The highest BCUT2D eigenvalue weighted by atomic mass is 35.5. The number of Topliss-reactive ketones (excluding diaryl/α,β-unsaturated/α-hetero) is 1. The molecule has 1 aromatic carbocycles. The van der Waals surface area contributed by atoms with Gasteiger partial charge in [0, 0.05) is 19.1 Å². The van der Waals surface area contributed by atoms with E-state index in [-0.39, 0.29) is 17.8 Å². The molecule has 3 rings (SSSR count). The number of aromatic nitrogens is 1. The van der Waals surface area contributed by atoms with Gasteiger partial charge < -0.3 is 19.0 Å². The summed E-state index contributed by atoms with van der Waals surface area (Å²) in [5.74, 6) is 1.67. The predicted octanol–water partition coefficient (Wildman–Crippen LogP) is 5.14. The molecule has 0 unspecified atom stereocenters. The monoisotopic (exact) mass is 411 g/mol. The van der Waals surface area contributed by atoms with Gasteiger partial charge in [-0.2, -0.15) is 0 Å². The third kappa shape index (κ3) is 5.56. The van der Waals surface area contributed by atoms with E-state index in [1.54, 1.807) is 6.92 Å². The third-order valence-corrected chi connectivity index (χ3v) is 5.84. The van der Waals surface area contributed by atoms with E-state index in [4.69, 9.17) is 25.8 Å². The van der Waals surface area contributed by atoms with Crippen molar-refractivity contribution in [3.8, 4) is 10.9 Å². The van der Waals surface area contributed by atoms with Crippen LogP contribution >= 0.6 is 22.9 Å². The SMILES string of the molecule is CCOc1nc2cc(Cl)c(OCC3CC(OC[C@H](C)CC(C)=O)C3)cc2s1. The maximum atomic E-state index is 11.1. The van der Waals surface area contributed by atoms with Crippen molar-refractivity contribution in [3.63, 3.8) is 0 Å². The molecule has 1 atom stereocenters. The van der Waals surface area contributed by atoms with E-state index in [1.807, 2.05) is 19.1 Å². The molecule has 27 heavy (non-hydrogen) atoms. The molecule has 0 amide bonds. The van der Waals surface area contributed by atoms with Crippen molar-refractivity contribution in [2.24, 2.45) is 11.8 Å². The molecule has 0 saturated heterocycles. The number of rotatable bonds is 10. The summed E-state index contributed by atoms with van der Waals surface area (Å²) in [6, 6.07) is 3.77. The molecule has 2 aromatic rings. The Morgan fingerprint density at radius 1 is 1.37 bits per heavy atom. The number of ketones is 1. The van der Waals surface area contributed by atoms with Gasteiger partial charge in [-0.25, -0.2) is 4.98 Å². The van der Waals surface area contributed by atoms with Crippen molar-refractivity contribution in [3.05, 3.63) is 17.2 Å². The van der Waals surface area contributed by atoms with Gasteiger partial charge in [0.25, 0.3) is 5.19 Å². The van der Waals surface area contributed by atoms with Crippen molar-refractivity contribution < 1.29 is 19.0 Å². The first-order valence-electron chi connectivity index (χ1n) is 9.41. The Morgan fingerprint density at radius 2 is 2.15 bits per heavy atom. The summed E-state index contributed by atoms with van der Waals surface area (Å²) in [6.07, 6.45) is 2.84. The van der Waals surface area contributed by atoms with Gasteiger partial charge in [0.15, 0.2) is 0 Å². The van der Waals surface area contributed by atoms with Crippen LogP contribution < -0.4 is 9.47 Å². The highest BCUT2D eigenvalue weighted by Gasteiger charge is 2.31. The normalized spacial score (nSPS) is 20.3. The van der Waals surface area contributed by atoms with Crippen LogP contribution in [-0.4, -0.2) is 36.7 Å². The average molecular weight is 412 g/mol. The zero-order valence-corrected chi connectivity index (χ0v) is 17.6. The molecular formula is C20H26ClNO4S.